The number of aliphatic hydroxyl groups excluding tert-OH is 10. The van der Waals surface area contributed by atoms with Gasteiger partial charge in [-0.15, -0.1) is 0 Å². The van der Waals surface area contributed by atoms with Crippen LogP contribution in [0.4, 0.5) is 0 Å². The molecule has 438 valence electrons. The van der Waals surface area contributed by atoms with Gasteiger partial charge in [-0.2, -0.15) is 0 Å². The van der Waals surface area contributed by atoms with Gasteiger partial charge in [0.15, 0.2) is 25.0 Å². The van der Waals surface area contributed by atoms with Crippen LogP contribution in [0.15, 0.2) is 11.6 Å². The van der Waals surface area contributed by atoms with Gasteiger partial charge in [0.2, 0.25) is 0 Å². The van der Waals surface area contributed by atoms with E-state index in [2.05, 4.69) is 40.7 Å². The number of ether oxygens (including phenoxy) is 9. The Kier molecular flexibility index (Phi) is 18.0. The maximum Gasteiger partial charge on any atom is 1.00 e. The van der Waals surface area contributed by atoms with E-state index in [1.165, 1.54) is 12.5 Å². The van der Waals surface area contributed by atoms with Gasteiger partial charge in [-0.05, 0) is 98.2 Å². The van der Waals surface area contributed by atoms with Crippen molar-refractivity contribution in [3.8, 4) is 0 Å². The Hall–Kier alpha value is -1.53. The molecule has 0 aromatic carbocycles. The zero-order chi connectivity index (χ0) is 56.4. The summed E-state index contributed by atoms with van der Waals surface area (Å²) in [5.41, 5.74) is -2.40. The largest absolute Gasteiger partial charge is 1.00 e. The molecular weight excluding hydrogens is 1040 g/mol. The summed E-state index contributed by atoms with van der Waals surface area (Å²) in [7, 11) is 0. The third-order valence-corrected chi connectivity index (χ3v) is 21.3. The fourth-order valence-corrected chi connectivity index (χ4v) is 16.5. The van der Waals surface area contributed by atoms with Crippen LogP contribution in [-0.4, -0.2) is 217 Å². The number of carboxylic acid groups (broad SMARTS) is 1. The zero-order valence-electron chi connectivity index (χ0n) is 46.5. The number of hydrogen-bond acceptors (Lipinski definition) is 22. The molecule has 2 bridgehead atoms. The Morgan fingerprint density at radius 1 is 0.756 bits per heavy atom. The topological polar surface area (TPSA) is 357 Å². The van der Waals surface area contributed by atoms with Crippen LogP contribution in [0.25, 0.3) is 0 Å². The fourth-order valence-electron chi connectivity index (χ4n) is 16.5. The molecule has 4 aliphatic heterocycles. The maximum atomic E-state index is 13.6. The van der Waals surface area contributed by atoms with Crippen LogP contribution in [0.3, 0.4) is 0 Å². The van der Waals surface area contributed by atoms with Crippen molar-refractivity contribution in [2.75, 3.05) is 26.4 Å². The van der Waals surface area contributed by atoms with Crippen LogP contribution in [0, 0.1) is 56.2 Å². The second-order valence-electron chi connectivity index (χ2n) is 25.8. The van der Waals surface area contributed by atoms with Gasteiger partial charge in [-0.1, -0.05) is 53.2 Å². The summed E-state index contributed by atoms with van der Waals surface area (Å²) in [5, 5.41) is 120. The molecule has 28 atom stereocenters. The van der Waals surface area contributed by atoms with E-state index in [0.717, 1.165) is 0 Å². The third-order valence-electron chi connectivity index (χ3n) is 21.3. The number of fused-ring (bicyclic) bond motifs is 7. The van der Waals surface area contributed by atoms with Gasteiger partial charge in [-0.25, -0.2) is 4.79 Å². The Balaban J connectivity index is 0.00000803. The average molecular weight is 1120 g/mol. The minimum absolute atomic E-state index is 0. The summed E-state index contributed by atoms with van der Waals surface area (Å²) in [6.07, 6.45) is -22.8. The molecule has 15 unspecified atom stereocenters. The zero-order valence-corrected chi connectivity index (χ0v) is 48.5. The van der Waals surface area contributed by atoms with E-state index >= 15 is 0 Å². The van der Waals surface area contributed by atoms with E-state index in [4.69, 9.17) is 42.6 Å². The number of carbonyl (C=O) groups is 3. The normalized spacial score (nSPS) is 51.0. The molecule has 78 heavy (non-hydrogen) atoms. The van der Waals surface area contributed by atoms with E-state index in [0.29, 0.717) is 44.9 Å². The van der Waals surface area contributed by atoms with Crippen LogP contribution >= 0.6 is 0 Å². The minimum Gasteiger partial charge on any atom is -0.479 e. The first-order chi connectivity index (χ1) is 36.0. The smallest absolute Gasteiger partial charge is 0.479 e. The molecule has 0 amide bonds. The predicted octanol–water partition coefficient (Wildman–Crippen LogP) is -3.58. The van der Waals surface area contributed by atoms with Crippen LogP contribution in [0.2, 0.25) is 0 Å². The molecule has 9 aliphatic rings. The monoisotopic (exact) mass is 1120 g/mol. The molecule has 4 heterocycles. The molecular formula is C54H84NaO23+. The van der Waals surface area contributed by atoms with Crippen molar-refractivity contribution >= 4 is 17.9 Å². The van der Waals surface area contributed by atoms with Crippen molar-refractivity contribution in [2.24, 2.45) is 56.2 Å². The first-order valence-corrected chi connectivity index (χ1v) is 27.4. The Morgan fingerprint density at radius 3 is 2.06 bits per heavy atom. The molecule has 11 N–H and O–H groups in total. The molecule has 0 radical (unpaired) electrons. The summed E-state index contributed by atoms with van der Waals surface area (Å²) in [6.45, 7) is 15.8. The van der Waals surface area contributed by atoms with Crippen molar-refractivity contribution in [3.05, 3.63) is 11.6 Å². The van der Waals surface area contributed by atoms with Crippen molar-refractivity contribution < 1.29 is 143 Å². The van der Waals surface area contributed by atoms with E-state index in [1.807, 2.05) is 6.92 Å². The fraction of sp³-hybridized carbons (Fsp3) is 0.907. The minimum atomic E-state index is -2.09. The number of esters is 2. The number of aliphatic hydroxyl groups is 10. The van der Waals surface area contributed by atoms with E-state index < -0.39 is 181 Å². The first-order valence-electron chi connectivity index (χ1n) is 27.4. The molecule has 9 rings (SSSR count). The van der Waals surface area contributed by atoms with Gasteiger partial charge >= 0.3 is 47.5 Å². The molecule has 23 nitrogen and oxygen atoms in total. The molecule has 5 aliphatic carbocycles. The molecule has 0 spiro atoms. The average Bonchev–Trinajstić information content (AvgIpc) is 3.34. The second-order valence-corrected chi connectivity index (χ2v) is 25.8. The molecule has 8 fully saturated rings. The van der Waals surface area contributed by atoms with E-state index in [9.17, 15) is 70.6 Å². The van der Waals surface area contributed by atoms with Gasteiger partial charge in [0, 0.05) is 12.3 Å². The van der Waals surface area contributed by atoms with Gasteiger partial charge in [0.1, 0.15) is 73.8 Å². The summed E-state index contributed by atoms with van der Waals surface area (Å²) in [4.78, 5) is 38.4. The summed E-state index contributed by atoms with van der Waals surface area (Å²) >= 11 is 0. The van der Waals surface area contributed by atoms with Gasteiger partial charge in [0.25, 0.3) is 0 Å². The Bertz CT molecular complexity index is 2240. The van der Waals surface area contributed by atoms with E-state index in [-0.39, 0.29) is 65.9 Å². The molecule has 0 aromatic heterocycles. The van der Waals surface area contributed by atoms with Gasteiger partial charge < -0.3 is 98.8 Å². The standard InChI is InChI=1S/C54H84O23.Na/c1-22(23(2)71-24(3)57)45(68)70-21-54-26-16-49(4,5)43(42(54)65)73-32(54)17-53(9)25(26)10-11-30-50(6)14-13-31(51(7,20-56)29(50)12-15-52(30,53)8)74-48-40(76-46-36(62)33(59)27(58)19-69-46)38(64)39(41(77-48)44(66)67)75-47-37(63)35(61)34(60)28(18-55)72-47;/h10,22-23,26-43,46-48,55-56,58-65H,11-21H2,1-9H3,(H,66,67);/q;+1/t22?,23?,26?,27-,28-,29?,30?,31?,32?,33+,34-,35+,36-,37-,38+,39+,40-,41?,42?,43?,46+,47-,48-,50?,51?,52?,53?,54?;/m1./s1. The number of rotatable bonds is 14. The summed E-state index contributed by atoms with van der Waals surface area (Å²) in [5.74, 6) is -3.82. The first kappa shape index (κ1) is 62.5. The summed E-state index contributed by atoms with van der Waals surface area (Å²) < 4.78 is 54.3. The maximum absolute atomic E-state index is 13.6. The van der Waals surface area contributed by atoms with Gasteiger partial charge in [0.05, 0.1) is 55.6 Å². The van der Waals surface area contributed by atoms with Crippen LogP contribution in [0.5, 0.6) is 0 Å². The van der Waals surface area contributed by atoms with Crippen molar-refractivity contribution in [2.45, 2.75) is 224 Å². The van der Waals surface area contributed by atoms with Crippen LogP contribution in [0.1, 0.15) is 107 Å². The second kappa shape index (κ2) is 22.5. The van der Waals surface area contributed by atoms with E-state index in [1.54, 1.807) is 13.8 Å². The predicted molar refractivity (Wildman–Crippen MR) is 261 cm³/mol. The Morgan fingerprint density at radius 2 is 1.42 bits per heavy atom. The van der Waals surface area contributed by atoms with Crippen molar-refractivity contribution in [1.29, 1.82) is 0 Å². The summed E-state index contributed by atoms with van der Waals surface area (Å²) in [6, 6.07) is 0. The molecule has 4 saturated heterocycles. The number of carbonyl (C=O) groups excluding carboxylic acids is 2. The number of aliphatic carboxylic acids is 1. The molecule has 24 heteroatoms. The Labute approximate surface area is 476 Å². The molecule has 4 saturated carbocycles. The van der Waals surface area contributed by atoms with Crippen molar-refractivity contribution in [1.82, 2.24) is 0 Å². The number of hydrogen-bond donors (Lipinski definition) is 11. The SMILES string of the molecule is CC(=O)OC(C)C(C)C(=O)OCC12C3CC4(C)C(=CCC5C6(C)CCC(O[C@@H]7OC(C(=O)O)[C@@H](O[C@H]8O[C@H](CO)[C@@H](O)[C@H](O)[C@H]8O)[C@H](O)[C@H]7O[C@@H]7OC[C@@H](O)[C@H](O)[C@H]7O)C(C)(CO)C6CCC54C)C1CC(C)(C)C(O3)C2O.[Na+]. The number of allylic oxidation sites excluding steroid dienone is 2. The van der Waals surface area contributed by atoms with Crippen molar-refractivity contribution in [3.63, 3.8) is 0 Å². The number of carboxylic acids is 1. The third kappa shape index (κ3) is 9.81. The van der Waals surface area contributed by atoms with Crippen LogP contribution < -0.4 is 29.6 Å². The molecule has 0 aromatic rings. The quantitative estimate of drug-likeness (QED) is 0.0347. The van der Waals surface area contributed by atoms with Crippen LogP contribution in [-0.2, 0) is 57.0 Å². The van der Waals surface area contributed by atoms with Gasteiger partial charge in [-0.3, -0.25) is 9.59 Å².